The van der Waals surface area contributed by atoms with Crippen LogP contribution in [0.4, 0.5) is 4.79 Å². The highest BCUT2D eigenvalue weighted by Crippen LogP contribution is 2.30. The molecular formula is C18H21N3O5. The van der Waals surface area contributed by atoms with Gasteiger partial charge >= 0.3 is 6.03 Å². The quantitative estimate of drug-likeness (QED) is 0.809. The summed E-state index contributed by atoms with van der Waals surface area (Å²) in [6.07, 6.45) is 1.33. The van der Waals surface area contributed by atoms with Crippen molar-refractivity contribution in [1.82, 2.24) is 15.5 Å². The summed E-state index contributed by atoms with van der Waals surface area (Å²) in [5.74, 6) is 1.62. The number of hydrogen-bond acceptors (Lipinski definition) is 6. The minimum atomic E-state index is -0.564. The zero-order valence-corrected chi connectivity index (χ0v) is 14.4. The number of nitrogens with zero attached hydrogens (tertiary/aromatic N) is 1. The molecule has 0 aliphatic carbocycles. The van der Waals surface area contributed by atoms with Crippen molar-refractivity contribution in [2.75, 3.05) is 26.7 Å². The maximum absolute atomic E-state index is 12.0. The van der Waals surface area contributed by atoms with Crippen molar-refractivity contribution in [1.29, 1.82) is 0 Å². The second kappa shape index (κ2) is 8.39. The van der Waals surface area contributed by atoms with E-state index in [1.165, 1.54) is 6.26 Å². The van der Waals surface area contributed by atoms with E-state index in [1.807, 2.05) is 24.3 Å². The third-order valence-electron chi connectivity index (χ3n) is 3.75. The molecule has 8 heteroatoms. The number of amides is 3. The van der Waals surface area contributed by atoms with Gasteiger partial charge in [-0.3, -0.25) is 15.0 Å². The van der Waals surface area contributed by atoms with Crippen LogP contribution in [0.2, 0.25) is 0 Å². The number of nitrogens with one attached hydrogen (secondary N) is 2. The molecular weight excluding hydrogens is 338 g/mol. The zero-order valence-electron chi connectivity index (χ0n) is 14.4. The molecule has 3 rings (SSSR count). The van der Waals surface area contributed by atoms with Gasteiger partial charge < -0.3 is 19.2 Å². The summed E-state index contributed by atoms with van der Waals surface area (Å²) in [6.45, 7) is 1.19. The van der Waals surface area contributed by atoms with Gasteiger partial charge in [0.25, 0.3) is 0 Å². The first kappa shape index (κ1) is 17.8. The number of imide groups is 1. The SMILES string of the molecule is CN(CC(=O)NC(=O)NCc1ccco1)C[C@H]1COc2ccccc2O1. The number of carbonyl (C=O) groups excluding carboxylic acids is 2. The molecule has 2 N–H and O–H groups in total. The Bertz CT molecular complexity index is 747. The molecule has 1 aromatic carbocycles. The number of carbonyl (C=O) groups is 2. The number of rotatable bonds is 6. The Morgan fingerprint density at radius 3 is 2.77 bits per heavy atom. The van der Waals surface area contributed by atoms with Crippen molar-refractivity contribution >= 4 is 11.9 Å². The lowest BCUT2D eigenvalue weighted by Gasteiger charge is -2.29. The minimum Gasteiger partial charge on any atom is -0.486 e. The zero-order chi connectivity index (χ0) is 18.4. The summed E-state index contributed by atoms with van der Waals surface area (Å²) >= 11 is 0. The van der Waals surface area contributed by atoms with Crippen molar-refractivity contribution in [3.05, 3.63) is 48.4 Å². The van der Waals surface area contributed by atoms with Crippen molar-refractivity contribution in [3.63, 3.8) is 0 Å². The highest BCUT2D eigenvalue weighted by atomic mass is 16.6. The monoisotopic (exact) mass is 359 g/mol. The van der Waals surface area contributed by atoms with Crippen LogP contribution in [0, 0.1) is 0 Å². The van der Waals surface area contributed by atoms with Crippen LogP contribution in [0.5, 0.6) is 11.5 Å². The Morgan fingerprint density at radius 2 is 2.00 bits per heavy atom. The number of furan rings is 1. The minimum absolute atomic E-state index is 0.0652. The van der Waals surface area contributed by atoms with Crippen LogP contribution in [-0.2, 0) is 11.3 Å². The molecule has 8 nitrogen and oxygen atoms in total. The smallest absolute Gasteiger partial charge is 0.321 e. The van der Waals surface area contributed by atoms with Gasteiger partial charge in [-0.15, -0.1) is 0 Å². The molecule has 2 aromatic rings. The molecule has 0 fully saturated rings. The average Bonchev–Trinajstić information content (AvgIpc) is 3.13. The molecule has 138 valence electrons. The van der Waals surface area contributed by atoms with Gasteiger partial charge in [0.2, 0.25) is 5.91 Å². The van der Waals surface area contributed by atoms with E-state index in [-0.39, 0.29) is 19.2 Å². The van der Waals surface area contributed by atoms with Gasteiger partial charge in [0.05, 0.1) is 19.4 Å². The van der Waals surface area contributed by atoms with Gasteiger partial charge in [0, 0.05) is 6.54 Å². The molecule has 26 heavy (non-hydrogen) atoms. The van der Waals surface area contributed by atoms with Crippen LogP contribution < -0.4 is 20.1 Å². The first-order valence-electron chi connectivity index (χ1n) is 8.27. The standard InChI is InChI=1S/C18H21N3O5/c1-21(10-14-12-25-15-6-2-3-7-16(15)26-14)11-17(22)20-18(23)19-9-13-5-4-8-24-13/h2-8,14H,9-12H2,1H3,(H2,19,20,22,23)/t14-/m0/s1. The predicted molar refractivity (Wildman–Crippen MR) is 92.9 cm³/mol. The summed E-state index contributed by atoms with van der Waals surface area (Å²) in [4.78, 5) is 25.4. The first-order valence-corrected chi connectivity index (χ1v) is 8.27. The van der Waals surface area contributed by atoms with E-state index in [9.17, 15) is 9.59 Å². The first-order chi connectivity index (χ1) is 12.6. The van der Waals surface area contributed by atoms with Crippen molar-refractivity contribution in [2.24, 2.45) is 0 Å². The van der Waals surface area contributed by atoms with Gasteiger partial charge in [-0.05, 0) is 31.3 Å². The Labute approximate surface area is 151 Å². The van der Waals surface area contributed by atoms with Crippen LogP contribution in [0.15, 0.2) is 47.1 Å². The Kier molecular flexibility index (Phi) is 5.75. The molecule has 0 radical (unpaired) electrons. The number of likely N-dealkylation sites (N-methyl/N-ethyl adjacent to an activating group) is 1. The van der Waals surface area contributed by atoms with Gasteiger partial charge in [0.1, 0.15) is 18.5 Å². The second-order valence-electron chi connectivity index (χ2n) is 6.00. The van der Waals surface area contributed by atoms with E-state index >= 15 is 0 Å². The van der Waals surface area contributed by atoms with Crippen LogP contribution in [-0.4, -0.2) is 49.7 Å². The van der Waals surface area contributed by atoms with E-state index < -0.39 is 11.9 Å². The number of urea groups is 1. The lowest BCUT2D eigenvalue weighted by molar-refractivity contribution is -0.121. The molecule has 1 aliphatic rings. The topological polar surface area (TPSA) is 93.0 Å². The summed E-state index contributed by atoms with van der Waals surface area (Å²) < 4.78 is 16.6. The molecule has 3 amide bonds. The molecule has 2 heterocycles. The van der Waals surface area contributed by atoms with E-state index in [0.717, 1.165) is 5.75 Å². The number of ether oxygens (including phenoxy) is 2. The molecule has 0 saturated carbocycles. The van der Waals surface area contributed by atoms with E-state index in [4.69, 9.17) is 13.9 Å². The molecule has 0 spiro atoms. The fraction of sp³-hybridized carbons (Fsp3) is 0.333. The summed E-state index contributed by atoms with van der Waals surface area (Å²) in [5.41, 5.74) is 0. The summed E-state index contributed by atoms with van der Waals surface area (Å²) in [6, 6.07) is 10.4. The lowest BCUT2D eigenvalue weighted by atomic mass is 10.2. The fourth-order valence-electron chi connectivity index (χ4n) is 2.60. The Morgan fingerprint density at radius 1 is 1.19 bits per heavy atom. The van der Waals surface area contributed by atoms with E-state index in [2.05, 4.69) is 10.6 Å². The van der Waals surface area contributed by atoms with Crippen LogP contribution in [0.25, 0.3) is 0 Å². The van der Waals surface area contributed by atoms with E-state index in [1.54, 1.807) is 24.1 Å². The molecule has 0 unspecified atom stereocenters. The number of fused-ring (bicyclic) bond motifs is 1. The van der Waals surface area contributed by atoms with Crippen molar-refractivity contribution in [3.8, 4) is 11.5 Å². The molecule has 1 atom stereocenters. The number of benzene rings is 1. The van der Waals surface area contributed by atoms with Crippen LogP contribution in [0.1, 0.15) is 5.76 Å². The fourth-order valence-corrected chi connectivity index (χ4v) is 2.60. The molecule has 1 aliphatic heterocycles. The van der Waals surface area contributed by atoms with E-state index in [0.29, 0.717) is 24.7 Å². The lowest BCUT2D eigenvalue weighted by Crippen LogP contribution is -2.46. The van der Waals surface area contributed by atoms with Crippen molar-refractivity contribution < 1.29 is 23.5 Å². The highest BCUT2D eigenvalue weighted by Gasteiger charge is 2.22. The van der Waals surface area contributed by atoms with Crippen molar-refractivity contribution in [2.45, 2.75) is 12.6 Å². The third kappa shape index (κ3) is 5.00. The maximum atomic E-state index is 12.0. The van der Waals surface area contributed by atoms with Gasteiger partial charge in [-0.25, -0.2) is 4.79 Å². The average molecular weight is 359 g/mol. The summed E-state index contributed by atoms with van der Waals surface area (Å²) in [7, 11) is 1.78. The summed E-state index contributed by atoms with van der Waals surface area (Å²) in [5, 5.41) is 4.84. The second-order valence-corrected chi connectivity index (χ2v) is 6.00. The maximum Gasteiger partial charge on any atom is 0.321 e. The van der Waals surface area contributed by atoms with Crippen LogP contribution in [0.3, 0.4) is 0 Å². The predicted octanol–water partition coefficient (Wildman–Crippen LogP) is 1.38. The molecule has 0 bridgehead atoms. The third-order valence-corrected chi connectivity index (χ3v) is 3.75. The number of para-hydroxylation sites is 2. The van der Waals surface area contributed by atoms with Gasteiger partial charge in [0.15, 0.2) is 11.5 Å². The van der Waals surface area contributed by atoms with Crippen LogP contribution >= 0.6 is 0 Å². The van der Waals surface area contributed by atoms with Gasteiger partial charge in [-0.1, -0.05) is 12.1 Å². The highest BCUT2D eigenvalue weighted by molar-refractivity contribution is 5.95. The Hall–Kier alpha value is -3.00. The largest absolute Gasteiger partial charge is 0.486 e. The Balaban J connectivity index is 1.38. The molecule has 0 saturated heterocycles. The number of hydrogen-bond donors (Lipinski definition) is 2. The molecule has 1 aromatic heterocycles. The normalized spacial score (nSPS) is 15.5. The van der Waals surface area contributed by atoms with Gasteiger partial charge in [-0.2, -0.15) is 0 Å².